The zero-order valence-corrected chi connectivity index (χ0v) is 16.6. The minimum absolute atomic E-state index is 0.241. The average molecular weight is 384 g/mol. The summed E-state index contributed by atoms with van der Waals surface area (Å²) in [7, 11) is 0. The van der Waals surface area contributed by atoms with Crippen LogP contribution in [0.5, 0.6) is 0 Å². The van der Waals surface area contributed by atoms with E-state index in [-0.39, 0.29) is 11.9 Å². The number of ether oxygens (including phenoxy) is 1. The molecule has 5 heteroatoms. The standard InChI is InChI=1S/C22H25NO3S/c1-3-15-10-12-17-18(14-15)27-21(20(17)22(25)26-4-2)23-19(24)13-11-16-8-6-5-7-9-16/h5-9,11,13,15H,3-4,10,12,14H2,1-2H3,(H,23,24)/b13-11+/t15-/m1/s1. The quantitative estimate of drug-likeness (QED) is 0.558. The first-order chi connectivity index (χ1) is 13.1. The largest absolute Gasteiger partial charge is 0.462 e. The van der Waals surface area contributed by atoms with Gasteiger partial charge in [-0.3, -0.25) is 4.79 Å². The average Bonchev–Trinajstić information content (AvgIpc) is 3.04. The number of hydrogen-bond acceptors (Lipinski definition) is 4. The third kappa shape index (κ3) is 4.66. The van der Waals surface area contributed by atoms with E-state index in [4.69, 9.17) is 4.74 Å². The number of thiophene rings is 1. The highest BCUT2D eigenvalue weighted by atomic mass is 32.1. The maximum absolute atomic E-state index is 12.5. The van der Waals surface area contributed by atoms with E-state index < -0.39 is 0 Å². The molecule has 1 N–H and O–H groups in total. The first kappa shape index (κ1) is 19.4. The molecule has 1 aliphatic rings. The molecule has 1 aromatic carbocycles. The van der Waals surface area contributed by atoms with Crippen molar-refractivity contribution in [1.82, 2.24) is 0 Å². The van der Waals surface area contributed by atoms with Crippen molar-refractivity contribution in [2.24, 2.45) is 5.92 Å². The van der Waals surface area contributed by atoms with Crippen molar-refractivity contribution in [2.45, 2.75) is 39.5 Å². The zero-order valence-electron chi connectivity index (χ0n) is 15.8. The Labute approximate surface area is 164 Å². The summed E-state index contributed by atoms with van der Waals surface area (Å²) in [6.07, 6.45) is 7.31. The normalized spacial score (nSPS) is 16.1. The van der Waals surface area contributed by atoms with E-state index in [0.717, 1.165) is 36.8 Å². The predicted molar refractivity (Wildman–Crippen MR) is 110 cm³/mol. The van der Waals surface area contributed by atoms with Crippen LogP contribution in [0.4, 0.5) is 5.00 Å². The van der Waals surface area contributed by atoms with Gasteiger partial charge in [0.15, 0.2) is 0 Å². The van der Waals surface area contributed by atoms with E-state index in [9.17, 15) is 9.59 Å². The van der Waals surface area contributed by atoms with E-state index in [2.05, 4.69) is 12.2 Å². The van der Waals surface area contributed by atoms with Gasteiger partial charge in [0.2, 0.25) is 5.91 Å². The minimum atomic E-state index is -0.340. The fourth-order valence-electron chi connectivity index (χ4n) is 3.40. The molecule has 0 radical (unpaired) electrons. The van der Waals surface area contributed by atoms with Crippen LogP contribution in [0.25, 0.3) is 6.08 Å². The van der Waals surface area contributed by atoms with Gasteiger partial charge in [-0.1, -0.05) is 43.7 Å². The number of rotatable bonds is 6. The van der Waals surface area contributed by atoms with Gasteiger partial charge < -0.3 is 10.1 Å². The molecule has 4 nitrogen and oxygen atoms in total. The van der Waals surface area contributed by atoms with Gasteiger partial charge in [-0.2, -0.15) is 0 Å². The number of amides is 1. The summed E-state index contributed by atoms with van der Waals surface area (Å²) in [5.74, 6) is 0.0649. The van der Waals surface area contributed by atoms with Crippen molar-refractivity contribution in [3.63, 3.8) is 0 Å². The third-order valence-electron chi connectivity index (χ3n) is 4.89. The molecule has 1 amide bonds. The lowest BCUT2D eigenvalue weighted by Gasteiger charge is -2.20. The number of fused-ring (bicyclic) bond motifs is 1. The Hall–Kier alpha value is -2.40. The van der Waals surface area contributed by atoms with Crippen molar-refractivity contribution in [2.75, 3.05) is 11.9 Å². The Balaban J connectivity index is 1.83. The van der Waals surface area contributed by atoms with Crippen LogP contribution in [0.3, 0.4) is 0 Å². The van der Waals surface area contributed by atoms with Gasteiger partial charge in [0, 0.05) is 11.0 Å². The Morgan fingerprint density at radius 3 is 2.74 bits per heavy atom. The zero-order chi connectivity index (χ0) is 19.2. The van der Waals surface area contributed by atoms with Crippen LogP contribution in [0.2, 0.25) is 0 Å². The van der Waals surface area contributed by atoms with E-state index in [0.29, 0.717) is 23.1 Å². The fourth-order valence-corrected chi connectivity index (χ4v) is 4.75. The summed E-state index contributed by atoms with van der Waals surface area (Å²) in [4.78, 5) is 26.1. The van der Waals surface area contributed by atoms with Crippen LogP contribution in [-0.2, 0) is 22.4 Å². The van der Waals surface area contributed by atoms with Crippen LogP contribution >= 0.6 is 11.3 Å². The van der Waals surface area contributed by atoms with Crippen molar-refractivity contribution in [3.05, 3.63) is 58.0 Å². The molecule has 3 rings (SSSR count). The van der Waals surface area contributed by atoms with Gasteiger partial charge in [-0.05, 0) is 49.3 Å². The van der Waals surface area contributed by atoms with E-state index in [1.165, 1.54) is 22.3 Å². The maximum atomic E-state index is 12.5. The lowest BCUT2D eigenvalue weighted by Crippen LogP contribution is -2.16. The van der Waals surface area contributed by atoms with Gasteiger partial charge in [-0.15, -0.1) is 11.3 Å². The molecular weight excluding hydrogens is 358 g/mol. The molecule has 0 saturated heterocycles. The third-order valence-corrected chi connectivity index (χ3v) is 6.06. The van der Waals surface area contributed by atoms with Crippen LogP contribution in [0, 0.1) is 5.92 Å². The van der Waals surface area contributed by atoms with E-state index >= 15 is 0 Å². The molecule has 0 unspecified atom stereocenters. The molecule has 0 spiro atoms. The van der Waals surface area contributed by atoms with Crippen LogP contribution in [0.15, 0.2) is 36.4 Å². The molecule has 27 heavy (non-hydrogen) atoms. The number of benzene rings is 1. The molecule has 1 aromatic heterocycles. The van der Waals surface area contributed by atoms with Crippen LogP contribution < -0.4 is 5.32 Å². The van der Waals surface area contributed by atoms with Gasteiger partial charge in [-0.25, -0.2) is 4.79 Å². The second-order valence-electron chi connectivity index (χ2n) is 6.68. The summed E-state index contributed by atoms with van der Waals surface area (Å²) < 4.78 is 5.26. The SMILES string of the molecule is CCOC(=O)c1c(NC(=O)/C=C/c2ccccc2)sc2c1CC[C@@H](CC)C2. The number of hydrogen-bond donors (Lipinski definition) is 1. The highest BCUT2D eigenvalue weighted by molar-refractivity contribution is 7.17. The topological polar surface area (TPSA) is 55.4 Å². The summed E-state index contributed by atoms with van der Waals surface area (Å²) in [6.45, 7) is 4.32. The van der Waals surface area contributed by atoms with Gasteiger partial charge in [0.1, 0.15) is 5.00 Å². The molecule has 0 bridgehead atoms. The highest BCUT2D eigenvalue weighted by Gasteiger charge is 2.29. The number of nitrogens with one attached hydrogen (secondary N) is 1. The van der Waals surface area contributed by atoms with Crippen molar-refractivity contribution in [1.29, 1.82) is 0 Å². The molecular formula is C22H25NO3S. The summed E-state index contributed by atoms with van der Waals surface area (Å²) in [5.41, 5.74) is 2.56. The van der Waals surface area contributed by atoms with Crippen LogP contribution in [0.1, 0.15) is 53.1 Å². The smallest absolute Gasteiger partial charge is 0.341 e. The minimum Gasteiger partial charge on any atom is -0.462 e. The van der Waals surface area contributed by atoms with Gasteiger partial charge >= 0.3 is 5.97 Å². The number of carbonyl (C=O) groups excluding carboxylic acids is 2. The monoisotopic (exact) mass is 383 g/mol. The lowest BCUT2D eigenvalue weighted by molar-refractivity contribution is -0.111. The van der Waals surface area contributed by atoms with Gasteiger partial charge in [0.25, 0.3) is 0 Å². The van der Waals surface area contributed by atoms with Crippen molar-refractivity contribution < 1.29 is 14.3 Å². The van der Waals surface area contributed by atoms with Gasteiger partial charge in [0.05, 0.1) is 12.2 Å². The first-order valence-electron chi connectivity index (χ1n) is 9.48. The molecule has 0 saturated carbocycles. The van der Waals surface area contributed by atoms with Crippen LogP contribution in [-0.4, -0.2) is 18.5 Å². The summed E-state index contributed by atoms with van der Waals surface area (Å²) >= 11 is 1.52. The Bertz CT molecular complexity index is 839. The summed E-state index contributed by atoms with van der Waals surface area (Å²) in [5, 5.41) is 3.51. The number of esters is 1. The predicted octanol–water partition coefficient (Wildman–Crippen LogP) is 5.09. The maximum Gasteiger partial charge on any atom is 0.341 e. The molecule has 1 aliphatic carbocycles. The van der Waals surface area contributed by atoms with Crippen molar-refractivity contribution in [3.8, 4) is 0 Å². The second-order valence-corrected chi connectivity index (χ2v) is 7.78. The molecule has 0 aliphatic heterocycles. The fraction of sp³-hybridized carbons (Fsp3) is 0.364. The van der Waals surface area contributed by atoms with E-state index in [1.807, 2.05) is 30.3 Å². The number of anilines is 1. The molecule has 0 fully saturated rings. The summed E-state index contributed by atoms with van der Waals surface area (Å²) in [6, 6.07) is 9.65. The Morgan fingerprint density at radius 2 is 2.04 bits per heavy atom. The Morgan fingerprint density at radius 1 is 1.26 bits per heavy atom. The molecule has 2 aromatic rings. The Kier molecular flexibility index (Phi) is 6.45. The molecule has 1 heterocycles. The molecule has 142 valence electrons. The van der Waals surface area contributed by atoms with E-state index in [1.54, 1.807) is 13.0 Å². The van der Waals surface area contributed by atoms with Crippen molar-refractivity contribution >= 4 is 34.3 Å². The first-order valence-corrected chi connectivity index (χ1v) is 10.3. The lowest BCUT2D eigenvalue weighted by atomic mass is 9.85. The highest BCUT2D eigenvalue weighted by Crippen LogP contribution is 2.40. The second kappa shape index (κ2) is 9.00. The number of carbonyl (C=O) groups is 2. The molecule has 1 atom stereocenters.